The number of aryl methyl sites for hydroxylation is 2. The van der Waals surface area contributed by atoms with Crippen molar-refractivity contribution >= 4 is 25.0 Å². The van der Waals surface area contributed by atoms with Gasteiger partial charge in [0.1, 0.15) is 5.75 Å². The van der Waals surface area contributed by atoms with Crippen LogP contribution >= 0.6 is 0 Å². The van der Waals surface area contributed by atoms with E-state index >= 15 is 0 Å². The monoisotopic (exact) mass is 638 g/mol. The van der Waals surface area contributed by atoms with Crippen LogP contribution in [0, 0.1) is 31.6 Å². The summed E-state index contributed by atoms with van der Waals surface area (Å²) >= 11 is 0. The number of carbonyl (C=O) groups is 2. The maximum atomic E-state index is 14.2. The van der Waals surface area contributed by atoms with Gasteiger partial charge in [-0.3, -0.25) is 19.4 Å². The molecule has 3 fully saturated rings. The molecule has 3 aliphatic heterocycles. The highest BCUT2D eigenvalue weighted by Gasteiger charge is 2.58. The summed E-state index contributed by atoms with van der Waals surface area (Å²) in [5.74, 6) is -0.608. The predicted molar refractivity (Wildman–Crippen MR) is 186 cm³/mol. The van der Waals surface area contributed by atoms with Crippen molar-refractivity contribution in [3.05, 3.63) is 81.4 Å². The third-order valence-corrected chi connectivity index (χ3v) is 11.1. The predicted octanol–water partition coefficient (Wildman–Crippen LogP) is 6.84. The summed E-state index contributed by atoms with van der Waals surface area (Å²) in [6.07, 6.45) is 8.85. The Hall–Kier alpha value is -3.20. The van der Waals surface area contributed by atoms with Gasteiger partial charge in [-0.1, -0.05) is 67.8 Å². The Morgan fingerprint density at radius 3 is 2.36 bits per heavy atom. The zero-order chi connectivity index (χ0) is 33.2. The highest BCUT2D eigenvalue weighted by atomic mass is 16.5. The van der Waals surface area contributed by atoms with E-state index in [2.05, 4.69) is 49.1 Å². The van der Waals surface area contributed by atoms with Crippen LogP contribution in [0.5, 0.6) is 5.75 Å². The second kappa shape index (κ2) is 14.5. The van der Waals surface area contributed by atoms with Crippen molar-refractivity contribution in [3.63, 3.8) is 0 Å². The average Bonchev–Trinajstić information content (AvgIpc) is 3.31. The zero-order valence-corrected chi connectivity index (χ0v) is 28.6. The van der Waals surface area contributed by atoms with Crippen molar-refractivity contribution in [3.8, 4) is 5.75 Å². The number of carbonyl (C=O) groups excluding carboxylic acids is 2. The first-order valence-corrected chi connectivity index (χ1v) is 17.9. The first kappa shape index (κ1) is 33.7. The minimum absolute atomic E-state index is 0.00306. The Labute approximate surface area is 280 Å². The SMILES string of the molecule is CCC/C(=C\c1cc(C)c(O)c(C)c1)CC[C@H]1OB(O)C[C@H]2C1=C(CC)C[C@H]1C(=O)N(C3CCN(Cc4ccccc4)CC3)C(=O)[C@H]12. The van der Waals surface area contributed by atoms with Crippen LogP contribution in [0.25, 0.3) is 6.08 Å². The van der Waals surface area contributed by atoms with E-state index in [-0.39, 0.29) is 35.8 Å². The number of likely N-dealkylation sites (tertiary alicyclic amines) is 2. The number of hydrogen-bond acceptors (Lipinski definition) is 6. The van der Waals surface area contributed by atoms with E-state index in [1.165, 1.54) is 22.3 Å². The lowest BCUT2D eigenvalue weighted by Crippen LogP contribution is -2.48. The maximum absolute atomic E-state index is 14.2. The van der Waals surface area contributed by atoms with Crippen LogP contribution in [0.15, 0.2) is 59.2 Å². The van der Waals surface area contributed by atoms with Crippen molar-refractivity contribution in [1.82, 2.24) is 9.80 Å². The molecule has 2 aromatic rings. The van der Waals surface area contributed by atoms with E-state index < -0.39 is 13.0 Å². The third-order valence-electron chi connectivity index (χ3n) is 11.1. The highest BCUT2D eigenvalue weighted by molar-refractivity contribution is 6.43. The molecule has 8 heteroatoms. The number of rotatable bonds is 10. The molecule has 250 valence electrons. The fraction of sp³-hybridized carbons (Fsp3) is 0.538. The number of fused-ring (bicyclic) bond motifs is 3. The fourth-order valence-electron chi connectivity index (χ4n) is 8.88. The first-order valence-electron chi connectivity index (χ1n) is 17.9. The summed E-state index contributed by atoms with van der Waals surface area (Å²) in [5.41, 5.74) is 7.81. The molecule has 47 heavy (non-hydrogen) atoms. The number of benzene rings is 2. The van der Waals surface area contributed by atoms with Crippen LogP contribution in [-0.4, -0.2) is 64.1 Å². The molecule has 2 amide bonds. The maximum Gasteiger partial charge on any atom is 0.455 e. The number of piperidine rings is 1. The molecule has 1 aliphatic carbocycles. The molecule has 4 atom stereocenters. The molecule has 2 N–H and O–H groups in total. The molecule has 0 radical (unpaired) electrons. The molecular weight excluding hydrogens is 587 g/mol. The average molecular weight is 639 g/mol. The summed E-state index contributed by atoms with van der Waals surface area (Å²) in [6.45, 7) is 10.8. The van der Waals surface area contributed by atoms with Crippen LogP contribution in [0.4, 0.5) is 0 Å². The number of allylic oxidation sites excluding steroid dienone is 2. The first-order chi connectivity index (χ1) is 22.7. The normalized spacial score (nSPS) is 25.9. The number of aromatic hydroxyl groups is 1. The van der Waals surface area contributed by atoms with Crippen LogP contribution in [0.2, 0.25) is 6.32 Å². The van der Waals surface area contributed by atoms with E-state index in [1.54, 1.807) is 4.90 Å². The molecule has 0 spiro atoms. The van der Waals surface area contributed by atoms with Gasteiger partial charge in [0, 0.05) is 25.7 Å². The quantitative estimate of drug-likeness (QED) is 0.168. The number of imide groups is 1. The van der Waals surface area contributed by atoms with E-state index in [4.69, 9.17) is 4.65 Å². The number of hydrogen-bond donors (Lipinski definition) is 2. The molecular formula is C39H51BN2O5. The van der Waals surface area contributed by atoms with E-state index in [1.807, 2.05) is 32.0 Å². The van der Waals surface area contributed by atoms with Crippen molar-refractivity contribution in [2.45, 2.75) is 104 Å². The lowest BCUT2D eigenvalue weighted by Gasteiger charge is -2.43. The van der Waals surface area contributed by atoms with Crippen LogP contribution in [-0.2, 0) is 20.8 Å². The van der Waals surface area contributed by atoms with E-state index in [0.29, 0.717) is 18.5 Å². The molecule has 0 unspecified atom stereocenters. The summed E-state index contributed by atoms with van der Waals surface area (Å²) in [5, 5.41) is 21.3. The third kappa shape index (κ3) is 7.01. The van der Waals surface area contributed by atoms with Crippen molar-refractivity contribution in [1.29, 1.82) is 0 Å². The van der Waals surface area contributed by atoms with Gasteiger partial charge < -0.3 is 14.8 Å². The van der Waals surface area contributed by atoms with Crippen molar-refractivity contribution in [2.24, 2.45) is 17.8 Å². The van der Waals surface area contributed by atoms with Gasteiger partial charge in [0.15, 0.2) is 0 Å². The second-order valence-electron chi connectivity index (χ2n) is 14.3. The number of nitrogens with zero attached hydrogens (tertiary/aromatic N) is 2. The molecule has 3 saturated heterocycles. The molecule has 2 aromatic carbocycles. The molecule has 0 aromatic heterocycles. The lowest BCUT2D eigenvalue weighted by atomic mass is 9.58. The van der Waals surface area contributed by atoms with E-state index in [9.17, 15) is 19.7 Å². The molecule has 3 heterocycles. The Morgan fingerprint density at radius 1 is 1.00 bits per heavy atom. The Balaban J connectivity index is 1.18. The summed E-state index contributed by atoms with van der Waals surface area (Å²) in [7, 11) is -0.954. The lowest BCUT2D eigenvalue weighted by molar-refractivity contribution is -0.144. The molecule has 0 bridgehead atoms. The van der Waals surface area contributed by atoms with Gasteiger partial charge in [-0.25, -0.2) is 0 Å². The van der Waals surface area contributed by atoms with Crippen molar-refractivity contribution in [2.75, 3.05) is 13.1 Å². The Kier molecular flexibility index (Phi) is 10.4. The zero-order valence-electron chi connectivity index (χ0n) is 28.6. The molecule has 6 rings (SSSR count). The van der Waals surface area contributed by atoms with Gasteiger partial charge >= 0.3 is 7.12 Å². The van der Waals surface area contributed by atoms with Gasteiger partial charge in [-0.05, 0) is 111 Å². The Morgan fingerprint density at radius 2 is 1.70 bits per heavy atom. The molecule has 4 aliphatic rings. The number of phenols is 1. The number of phenolic OH excluding ortho intramolecular Hbond substituents is 1. The highest BCUT2D eigenvalue weighted by Crippen LogP contribution is 2.52. The molecule has 0 saturated carbocycles. The van der Waals surface area contributed by atoms with Gasteiger partial charge in [0.05, 0.1) is 17.9 Å². The topological polar surface area (TPSA) is 90.3 Å². The Bertz CT molecular complexity index is 1510. The standard InChI is InChI=1S/C39H51BN2O5/c1-5-10-27(21-29-19-25(3)37(43)26(4)20-29)13-14-34-35-30(6-2)22-32-36(33(35)23-40(46)47-34)39(45)42(38(32)44)31-15-17-41(18-16-31)24-28-11-8-7-9-12-28/h7-9,11-12,19-21,31-34,36,43,46H,5-6,10,13-18,22-24H2,1-4H3/b27-21+/t32-,33+,34-,36-/m1/s1. The van der Waals surface area contributed by atoms with Gasteiger partial charge in [0.25, 0.3) is 0 Å². The van der Waals surface area contributed by atoms with Crippen LogP contribution < -0.4 is 0 Å². The largest absolute Gasteiger partial charge is 0.507 e. The van der Waals surface area contributed by atoms with Crippen LogP contribution in [0.3, 0.4) is 0 Å². The molecule has 7 nitrogen and oxygen atoms in total. The fourth-order valence-corrected chi connectivity index (χ4v) is 8.88. The summed E-state index contributed by atoms with van der Waals surface area (Å²) in [6, 6.07) is 14.4. The smallest absolute Gasteiger partial charge is 0.455 e. The summed E-state index contributed by atoms with van der Waals surface area (Å²) in [4.78, 5) is 32.3. The minimum Gasteiger partial charge on any atom is -0.507 e. The van der Waals surface area contributed by atoms with Gasteiger partial charge in [-0.15, -0.1) is 0 Å². The van der Waals surface area contributed by atoms with Crippen molar-refractivity contribution < 1.29 is 24.4 Å². The van der Waals surface area contributed by atoms with Gasteiger partial charge in [-0.2, -0.15) is 0 Å². The van der Waals surface area contributed by atoms with E-state index in [0.717, 1.165) is 81.3 Å². The summed E-state index contributed by atoms with van der Waals surface area (Å²) < 4.78 is 6.26. The minimum atomic E-state index is -0.954. The number of amides is 2. The second-order valence-corrected chi connectivity index (χ2v) is 14.3. The van der Waals surface area contributed by atoms with Gasteiger partial charge in [0.2, 0.25) is 11.8 Å². The van der Waals surface area contributed by atoms with Crippen LogP contribution in [0.1, 0.15) is 87.5 Å².